The van der Waals surface area contributed by atoms with Crippen LogP contribution in [-0.4, -0.2) is 5.71 Å². The molecule has 1 aliphatic rings. The molecule has 1 aliphatic heterocycles. The zero-order valence-electron chi connectivity index (χ0n) is 10.9. The van der Waals surface area contributed by atoms with Gasteiger partial charge < -0.3 is 0 Å². The van der Waals surface area contributed by atoms with Crippen molar-refractivity contribution in [1.29, 1.82) is 0 Å². The molecule has 0 aliphatic carbocycles. The molecule has 1 heteroatoms. The average Bonchev–Trinajstić information content (AvgIpc) is 2.96. The predicted octanol–water partition coefficient (Wildman–Crippen LogP) is 4.68. The third kappa shape index (κ3) is 3.00. The fourth-order valence-corrected chi connectivity index (χ4v) is 2.41. The quantitative estimate of drug-likeness (QED) is 0.747. The lowest BCUT2D eigenvalue weighted by Gasteiger charge is -2.05. The van der Waals surface area contributed by atoms with Crippen molar-refractivity contribution >= 4 is 11.8 Å². The topological polar surface area (TPSA) is 12.4 Å². The molecule has 19 heavy (non-hydrogen) atoms. The maximum Gasteiger partial charge on any atom is 0.0756 e. The second kappa shape index (κ2) is 5.66. The summed E-state index contributed by atoms with van der Waals surface area (Å²) in [5, 5.41) is 0. The maximum absolute atomic E-state index is 4.80. The van der Waals surface area contributed by atoms with Crippen LogP contribution in [0.15, 0.2) is 71.7 Å². The van der Waals surface area contributed by atoms with Crippen molar-refractivity contribution < 1.29 is 0 Å². The molecule has 1 unspecified atom stereocenters. The van der Waals surface area contributed by atoms with Crippen molar-refractivity contribution in [2.24, 2.45) is 4.99 Å². The van der Waals surface area contributed by atoms with E-state index in [1.807, 2.05) is 6.07 Å². The minimum Gasteiger partial charge on any atom is -0.282 e. The summed E-state index contributed by atoms with van der Waals surface area (Å²) in [6.45, 7) is 0. The van der Waals surface area contributed by atoms with Crippen LogP contribution in [0.4, 0.5) is 0 Å². The van der Waals surface area contributed by atoms with Crippen LogP contribution >= 0.6 is 0 Å². The van der Waals surface area contributed by atoms with Crippen LogP contribution in [-0.2, 0) is 0 Å². The van der Waals surface area contributed by atoms with Crippen molar-refractivity contribution in [3.63, 3.8) is 0 Å². The average molecular weight is 247 g/mol. The molecule has 2 aromatic carbocycles. The lowest BCUT2D eigenvalue weighted by atomic mass is 10.0. The van der Waals surface area contributed by atoms with E-state index in [4.69, 9.17) is 4.99 Å². The van der Waals surface area contributed by atoms with Crippen molar-refractivity contribution in [2.75, 3.05) is 0 Å². The van der Waals surface area contributed by atoms with Gasteiger partial charge in [0.05, 0.1) is 6.04 Å². The van der Waals surface area contributed by atoms with E-state index >= 15 is 0 Å². The molecule has 3 rings (SSSR count). The highest BCUT2D eigenvalue weighted by Crippen LogP contribution is 2.29. The van der Waals surface area contributed by atoms with E-state index in [2.05, 4.69) is 66.7 Å². The molecule has 0 radical (unpaired) electrons. The highest BCUT2D eigenvalue weighted by molar-refractivity contribution is 5.99. The van der Waals surface area contributed by atoms with Crippen LogP contribution in [0.1, 0.15) is 30.0 Å². The molecule has 0 saturated carbocycles. The Morgan fingerprint density at radius 3 is 2.26 bits per heavy atom. The summed E-state index contributed by atoms with van der Waals surface area (Å²) >= 11 is 0. The van der Waals surface area contributed by atoms with Gasteiger partial charge in [0.1, 0.15) is 0 Å². The fourth-order valence-electron chi connectivity index (χ4n) is 2.41. The lowest BCUT2D eigenvalue weighted by Crippen LogP contribution is -1.88. The molecule has 0 N–H and O–H groups in total. The van der Waals surface area contributed by atoms with E-state index in [0.29, 0.717) is 6.04 Å². The zero-order valence-corrected chi connectivity index (χ0v) is 10.9. The third-order valence-corrected chi connectivity index (χ3v) is 3.45. The van der Waals surface area contributed by atoms with Crippen molar-refractivity contribution in [2.45, 2.75) is 18.9 Å². The van der Waals surface area contributed by atoms with Gasteiger partial charge in [-0.15, -0.1) is 0 Å². The van der Waals surface area contributed by atoms with Crippen LogP contribution in [0.3, 0.4) is 0 Å². The largest absolute Gasteiger partial charge is 0.282 e. The fraction of sp³-hybridized carbons (Fsp3) is 0.167. The summed E-state index contributed by atoms with van der Waals surface area (Å²) in [4.78, 5) is 4.80. The van der Waals surface area contributed by atoms with Crippen LogP contribution in [0.25, 0.3) is 6.08 Å². The number of aliphatic imine (C=N–C) groups is 1. The van der Waals surface area contributed by atoms with E-state index in [9.17, 15) is 0 Å². The number of nitrogens with zero attached hydrogens (tertiary/aromatic N) is 1. The van der Waals surface area contributed by atoms with Gasteiger partial charge in [0.25, 0.3) is 0 Å². The Bertz CT molecular complexity index is 582. The summed E-state index contributed by atoms with van der Waals surface area (Å²) in [7, 11) is 0. The molecule has 0 spiro atoms. The van der Waals surface area contributed by atoms with E-state index in [1.54, 1.807) is 0 Å². The van der Waals surface area contributed by atoms with Gasteiger partial charge in [0, 0.05) is 5.71 Å². The Labute approximate surface area is 114 Å². The molecule has 0 aromatic heterocycles. The third-order valence-electron chi connectivity index (χ3n) is 3.45. The number of allylic oxidation sites excluding steroid dienone is 1. The Hall–Kier alpha value is -2.15. The molecule has 94 valence electrons. The molecule has 1 nitrogen and oxygen atoms in total. The SMILES string of the molecule is C(=C\c1ccccc1)/C1=NC(c2ccccc2)CC1. The van der Waals surface area contributed by atoms with E-state index in [1.165, 1.54) is 16.8 Å². The van der Waals surface area contributed by atoms with Gasteiger partial charge in [-0.2, -0.15) is 0 Å². The monoisotopic (exact) mass is 247 g/mol. The Morgan fingerprint density at radius 1 is 0.842 bits per heavy atom. The summed E-state index contributed by atoms with van der Waals surface area (Å²) in [6, 6.07) is 21.3. The highest BCUT2D eigenvalue weighted by atomic mass is 14.8. The standard InChI is InChI=1S/C18H17N/c1-3-7-15(8-4-1)11-12-17-13-14-18(19-17)16-9-5-2-6-10-16/h1-12,18H,13-14H2/b12-11+. The highest BCUT2D eigenvalue weighted by Gasteiger charge is 2.16. The summed E-state index contributed by atoms with van der Waals surface area (Å²) in [5.41, 5.74) is 3.76. The molecular formula is C18H17N. The first kappa shape index (κ1) is 11.9. The van der Waals surface area contributed by atoms with Crippen LogP contribution in [0, 0.1) is 0 Å². The van der Waals surface area contributed by atoms with Gasteiger partial charge in [0.2, 0.25) is 0 Å². The molecule has 0 bridgehead atoms. The molecule has 1 atom stereocenters. The zero-order chi connectivity index (χ0) is 12.9. The summed E-state index contributed by atoms with van der Waals surface area (Å²) in [6.07, 6.45) is 6.49. The second-order valence-corrected chi connectivity index (χ2v) is 4.83. The minimum atomic E-state index is 0.344. The smallest absolute Gasteiger partial charge is 0.0756 e. The van der Waals surface area contributed by atoms with Gasteiger partial charge >= 0.3 is 0 Å². The molecule has 0 amide bonds. The van der Waals surface area contributed by atoms with Crippen molar-refractivity contribution in [3.8, 4) is 0 Å². The van der Waals surface area contributed by atoms with Crippen LogP contribution in [0.2, 0.25) is 0 Å². The summed E-state index contributed by atoms with van der Waals surface area (Å²) < 4.78 is 0. The number of rotatable bonds is 3. The second-order valence-electron chi connectivity index (χ2n) is 4.83. The first-order valence-corrected chi connectivity index (χ1v) is 6.76. The van der Waals surface area contributed by atoms with Crippen molar-refractivity contribution in [3.05, 3.63) is 77.9 Å². The van der Waals surface area contributed by atoms with Gasteiger partial charge in [-0.05, 0) is 30.0 Å². The van der Waals surface area contributed by atoms with Gasteiger partial charge in [-0.1, -0.05) is 66.7 Å². The van der Waals surface area contributed by atoms with Gasteiger partial charge in [-0.25, -0.2) is 0 Å². The van der Waals surface area contributed by atoms with Crippen LogP contribution in [0.5, 0.6) is 0 Å². The van der Waals surface area contributed by atoms with Crippen LogP contribution < -0.4 is 0 Å². The number of hydrogen-bond donors (Lipinski definition) is 0. The molecular weight excluding hydrogens is 230 g/mol. The normalized spacial score (nSPS) is 18.7. The first-order chi connectivity index (χ1) is 9.42. The minimum absolute atomic E-state index is 0.344. The lowest BCUT2D eigenvalue weighted by molar-refractivity contribution is 0.723. The first-order valence-electron chi connectivity index (χ1n) is 6.76. The number of benzene rings is 2. The number of hydrogen-bond acceptors (Lipinski definition) is 1. The van der Waals surface area contributed by atoms with Gasteiger partial charge in [-0.3, -0.25) is 4.99 Å². The molecule has 1 heterocycles. The molecule has 2 aromatic rings. The van der Waals surface area contributed by atoms with Gasteiger partial charge in [0.15, 0.2) is 0 Å². The Morgan fingerprint density at radius 2 is 1.53 bits per heavy atom. The van der Waals surface area contributed by atoms with E-state index in [-0.39, 0.29) is 0 Å². The van der Waals surface area contributed by atoms with Crippen molar-refractivity contribution in [1.82, 2.24) is 0 Å². The van der Waals surface area contributed by atoms with E-state index in [0.717, 1.165) is 12.8 Å². The summed E-state index contributed by atoms with van der Waals surface area (Å²) in [5.74, 6) is 0. The Kier molecular flexibility index (Phi) is 3.55. The predicted molar refractivity (Wildman–Crippen MR) is 81.3 cm³/mol. The Balaban J connectivity index is 1.72. The molecule has 0 fully saturated rings. The maximum atomic E-state index is 4.80. The van der Waals surface area contributed by atoms with E-state index < -0.39 is 0 Å². The molecule has 0 saturated heterocycles.